The predicted octanol–water partition coefficient (Wildman–Crippen LogP) is 4.55. The number of nitrogens with zero attached hydrogens (tertiary/aromatic N) is 1. The minimum atomic E-state index is -0.209. The van der Waals surface area contributed by atoms with Gasteiger partial charge in [-0.25, -0.2) is 0 Å². The fourth-order valence-electron chi connectivity index (χ4n) is 4.15. The molecular weight excluding hydrogens is 402 g/mol. The fraction of sp³-hybridized carbons (Fsp3) is 0.308. The van der Waals surface area contributed by atoms with E-state index in [0.717, 1.165) is 12.0 Å². The Hall–Kier alpha value is -3.54. The number of anilines is 2. The number of nitrogens with one attached hydrogen (secondary N) is 2. The van der Waals surface area contributed by atoms with Crippen LogP contribution < -0.4 is 15.5 Å². The molecule has 2 N–H and O–H groups in total. The van der Waals surface area contributed by atoms with Crippen LogP contribution in [0.25, 0.3) is 0 Å². The van der Waals surface area contributed by atoms with Gasteiger partial charge in [0.15, 0.2) is 0 Å². The van der Waals surface area contributed by atoms with E-state index in [9.17, 15) is 9.59 Å². The molecule has 0 saturated heterocycles. The van der Waals surface area contributed by atoms with E-state index in [1.165, 1.54) is 11.3 Å². The SMILES string of the molecule is CC(C)NC(=O)Cc1ccc(NC(=O)c2ccoc2CN2c3ccccc3CC2C)cc1. The zero-order valence-corrected chi connectivity index (χ0v) is 18.7. The van der Waals surface area contributed by atoms with Gasteiger partial charge in [-0.15, -0.1) is 0 Å². The van der Waals surface area contributed by atoms with Crippen molar-refractivity contribution in [1.82, 2.24) is 5.32 Å². The van der Waals surface area contributed by atoms with Crippen LogP contribution in [0.4, 0.5) is 11.4 Å². The number of carbonyl (C=O) groups excluding carboxylic acids is 2. The topological polar surface area (TPSA) is 74.6 Å². The van der Waals surface area contributed by atoms with Crippen molar-refractivity contribution in [1.29, 1.82) is 0 Å². The maximum Gasteiger partial charge on any atom is 0.259 e. The Morgan fingerprint density at radius 3 is 2.59 bits per heavy atom. The predicted molar refractivity (Wildman–Crippen MR) is 126 cm³/mol. The third kappa shape index (κ3) is 4.85. The average molecular weight is 432 g/mol. The average Bonchev–Trinajstić information content (AvgIpc) is 3.34. The lowest BCUT2D eigenvalue weighted by Gasteiger charge is -2.24. The number of hydrogen-bond acceptors (Lipinski definition) is 4. The lowest BCUT2D eigenvalue weighted by molar-refractivity contribution is -0.120. The molecule has 1 aliphatic rings. The molecule has 0 aliphatic carbocycles. The molecule has 2 heterocycles. The first-order valence-electron chi connectivity index (χ1n) is 11.0. The van der Waals surface area contributed by atoms with E-state index in [-0.39, 0.29) is 17.9 Å². The molecule has 0 radical (unpaired) electrons. The zero-order chi connectivity index (χ0) is 22.7. The summed E-state index contributed by atoms with van der Waals surface area (Å²) < 4.78 is 5.70. The molecule has 2 amide bonds. The molecule has 1 unspecified atom stereocenters. The highest BCUT2D eigenvalue weighted by Crippen LogP contribution is 2.33. The largest absolute Gasteiger partial charge is 0.467 e. The van der Waals surface area contributed by atoms with Gasteiger partial charge in [-0.3, -0.25) is 9.59 Å². The minimum absolute atomic E-state index is 0.0162. The molecule has 166 valence electrons. The summed E-state index contributed by atoms with van der Waals surface area (Å²) in [4.78, 5) is 27.1. The van der Waals surface area contributed by atoms with Gasteiger partial charge < -0.3 is 20.0 Å². The van der Waals surface area contributed by atoms with E-state index in [0.29, 0.717) is 36.0 Å². The van der Waals surface area contributed by atoms with Crippen LogP contribution in [0.15, 0.2) is 65.3 Å². The summed E-state index contributed by atoms with van der Waals surface area (Å²) >= 11 is 0. The first-order valence-corrected chi connectivity index (χ1v) is 11.0. The number of rotatable bonds is 7. The van der Waals surface area contributed by atoms with E-state index in [4.69, 9.17) is 4.42 Å². The molecule has 0 bridgehead atoms. The lowest BCUT2D eigenvalue weighted by atomic mass is 10.1. The van der Waals surface area contributed by atoms with Crippen molar-refractivity contribution < 1.29 is 14.0 Å². The summed E-state index contributed by atoms with van der Waals surface area (Å²) in [6, 6.07) is 17.9. The maximum absolute atomic E-state index is 12.9. The van der Waals surface area contributed by atoms with E-state index in [2.05, 4.69) is 40.7 Å². The number of hydrogen-bond donors (Lipinski definition) is 2. The molecular formula is C26H29N3O3. The van der Waals surface area contributed by atoms with Crippen molar-refractivity contribution in [3.05, 3.63) is 83.3 Å². The highest BCUT2D eigenvalue weighted by Gasteiger charge is 2.28. The van der Waals surface area contributed by atoms with Crippen LogP contribution in [-0.4, -0.2) is 23.9 Å². The van der Waals surface area contributed by atoms with Gasteiger partial charge in [-0.05, 0) is 62.6 Å². The summed E-state index contributed by atoms with van der Waals surface area (Å²) in [6.07, 6.45) is 2.86. The fourth-order valence-corrected chi connectivity index (χ4v) is 4.15. The zero-order valence-electron chi connectivity index (χ0n) is 18.7. The van der Waals surface area contributed by atoms with Gasteiger partial charge >= 0.3 is 0 Å². The second kappa shape index (κ2) is 9.30. The third-order valence-electron chi connectivity index (χ3n) is 5.68. The van der Waals surface area contributed by atoms with Crippen molar-refractivity contribution in [3.63, 3.8) is 0 Å². The van der Waals surface area contributed by atoms with Crippen LogP contribution in [0, 0.1) is 0 Å². The monoisotopic (exact) mass is 431 g/mol. The van der Waals surface area contributed by atoms with Crippen molar-refractivity contribution in [2.24, 2.45) is 0 Å². The molecule has 0 spiro atoms. The highest BCUT2D eigenvalue weighted by atomic mass is 16.3. The summed E-state index contributed by atoms with van der Waals surface area (Å²) in [6.45, 7) is 6.59. The maximum atomic E-state index is 12.9. The Bertz CT molecular complexity index is 1100. The van der Waals surface area contributed by atoms with Gasteiger partial charge in [0, 0.05) is 23.5 Å². The van der Waals surface area contributed by atoms with Gasteiger partial charge in [0.25, 0.3) is 5.91 Å². The molecule has 6 heteroatoms. The van der Waals surface area contributed by atoms with Crippen LogP contribution in [0.2, 0.25) is 0 Å². The molecule has 4 rings (SSSR count). The molecule has 6 nitrogen and oxygen atoms in total. The summed E-state index contributed by atoms with van der Waals surface area (Å²) in [5, 5.41) is 5.81. The van der Waals surface area contributed by atoms with Crippen LogP contribution in [-0.2, 0) is 24.2 Å². The number of para-hydroxylation sites is 1. The standard InChI is InChI=1S/C26H29N3O3/c1-17(2)27-25(30)15-19-8-10-21(11-9-19)28-26(31)22-12-13-32-24(22)16-29-18(3)14-20-6-4-5-7-23(20)29/h4-13,17-18H,14-16H2,1-3H3,(H,27,30)(H,28,31). The number of benzene rings is 2. The van der Waals surface area contributed by atoms with E-state index in [1.807, 2.05) is 44.2 Å². The van der Waals surface area contributed by atoms with Gasteiger partial charge in [0.2, 0.25) is 5.91 Å². The molecule has 1 aliphatic heterocycles. The Balaban J connectivity index is 1.41. The molecule has 1 atom stereocenters. The van der Waals surface area contributed by atoms with Gasteiger partial charge in [-0.2, -0.15) is 0 Å². The molecule has 32 heavy (non-hydrogen) atoms. The second-order valence-corrected chi connectivity index (χ2v) is 8.62. The Morgan fingerprint density at radius 1 is 1.09 bits per heavy atom. The number of furan rings is 1. The van der Waals surface area contributed by atoms with Crippen molar-refractivity contribution in [2.45, 2.75) is 52.2 Å². The lowest BCUT2D eigenvalue weighted by Crippen LogP contribution is -2.31. The third-order valence-corrected chi connectivity index (χ3v) is 5.68. The number of carbonyl (C=O) groups is 2. The highest BCUT2D eigenvalue weighted by molar-refractivity contribution is 6.05. The molecule has 0 saturated carbocycles. The first-order chi connectivity index (χ1) is 15.4. The quantitative estimate of drug-likeness (QED) is 0.576. The van der Waals surface area contributed by atoms with Crippen molar-refractivity contribution in [3.8, 4) is 0 Å². The minimum Gasteiger partial charge on any atom is -0.467 e. The molecule has 1 aromatic heterocycles. The smallest absolute Gasteiger partial charge is 0.259 e. The Kier molecular flexibility index (Phi) is 6.30. The van der Waals surface area contributed by atoms with Gasteiger partial charge in [0.1, 0.15) is 5.76 Å². The van der Waals surface area contributed by atoms with Crippen LogP contribution in [0.5, 0.6) is 0 Å². The summed E-state index contributed by atoms with van der Waals surface area (Å²) in [5.74, 6) is 0.421. The number of amides is 2. The van der Waals surface area contributed by atoms with Crippen LogP contribution >= 0.6 is 0 Å². The molecule has 3 aromatic rings. The van der Waals surface area contributed by atoms with Gasteiger partial charge in [0.05, 0.1) is 24.8 Å². The van der Waals surface area contributed by atoms with E-state index >= 15 is 0 Å². The Labute approximate surface area is 188 Å². The molecule has 0 fully saturated rings. The van der Waals surface area contributed by atoms with Gasteiger partial charge in [-0.1, -0.05) is 30.3 Å². The van der Waals surface area contributed by atoms with Crippen molar-refractivity contribution in [2.75, 3.05) is 10.2 Å². The van der Waals surface area contributed by atoms with E-state index in [1.54, 1.807) is 12.3 Å². The number of fused-ring (bicyclic) bond motifs is 1. The van der Waals surface area contributed by atoms with Crippen LogP contribution in [0.3, 0.4) is 0 Å². The first kappa shape index (κ1) is 21.7. The van der Waals surface area contributed by atoms with E-state index < -0.39 is 0 Å². The Morgan fingerprint density at radius 2 is 1.84 bits per heavy atom. The molecule has 2 aromatic carbocycles. The summed E-state index contributed by atoms with van der Waals surface area (Å²) in [7, 11) is 0. The second-order valence-electron chi connectivity index (χ2n) is 8.62. The summed E-state index contributed by atoms with van der Waals surface area (Å²) in [5.41, 5.74) is 4.61. The van der Waals surface area contributed by atoms with Crippen LogP contribution in [0.1, 0.15) is 48.0 Å². The van der Waals surface area contributed by atoms with Crippen molar-refractivity contribution >= 4 is 23.2 Å². The normalized spacial score (nSPS) is 15.0.